The van der Waals surface area contributed by atoms with Crippen LogP contribution in [0.1, 0.15) is 0 Å². The van der Waals surface area contributed by atoms with E-state index in [4.69, 9.17) is 27.9 Å². The normalized spacial score (nSPS) is 14.4. The fourth-order valence-electron chi connectivity index (χ4n) is 2.35. The Labute approximate surface area is 148 Å². The summed E-state index contributed by atoms with van der Waals surface area (Å²) in [6, 6.07) is 13.6. The number of rotatable bonds is 4. The van der Waals surface area contributed by atoms with Crippen molar-refractivity contribution in [3.8, 4) is 5.75 Å². The molecule has 2 aromatic rings. The molecule has 1 aliphatic rings. The predicted molar refractivity (Wildman–Crippen MR) is 93.4 cm³/mol. The molecule has 0 aromatic heterocycles. The molecule has 3 rings (SSSR count). The number of imide groups is 1. The van der Waals surface area contributed by atoms with Crippen molar-refractivity contribution >= 4 is 46.4 Å². The summed E-state index contributed by atoms with van der Waals surface area (Å²) >= 11 is 12.2. The van der Waals surface area contributed by atoms with Crippen LogP contribution in [0.15, 0.2) is 59.3 Å². The van der Waals surface area contributed by atoms with E-state index in [2.05, 4.69) is 5.32 Å². The molecule has 0 atom stereocenters. The van der Waals surface area contributed by atoms with Gasteiger partial charge < -0.3 is 10.1 Å². The number of carbonyl (C=O) groups is 2. The van der Waals surface area contributed by atoms with Crippen molar-refractivity contribution in [1.82, 2.24) is 0 Å². The second-order valence-electron chi connectivity index (χ2n) is 4.91. The van der Waals surface area contributed by atoms with Crippen LogP contribution in [0.3, 0.4) is 0 Å². The molecule has 1 N–H and O–H groups in total. The van der Waals surface area contributed by atoms with Crippen LogP contribution in [0.5, 0.6) is 5.75 Å². The van der Waals surface area contributed by atoms with Crippen LogP contribution in [0, 0.1) is 0 Å². The third-order valence-corrected chi connectivity index (χ3v) is 4.16. The maximum Gasteiger partial charge on any atom is 0.283 e. The van der Waals surface area contributed by atoms with E-state index < -0.39 is 11.8 Å². The lowest BCUT2D eigenvalue weighted by atomic mass is 10.2. The lowest BCUT2D eigenvalue weighted by Crippen LogP contribution is -2.32. The maximum atomic E-state index is 12.7. The Kier molecular flexibility index (Phi) is 4.46. The van der Waals surface area contributed by atoms with Gasteiger partial charge in [-0.15, -0.1) is 0 Å². The lowest BCUT2D eigenvalue weighted by Gasteiger charge is -2.16. The van der Waals surface area contributed by atoms with E-state index in [1.807, 2.05) is 0 Å². The molecule has 7 heteroatoms. The van der Waals surface area contributed by atoms with Crippen LogP contribution in [0.2, 0.25) is 5.02 Å². The van der Waals surface area contributed by atoms with Crippen molar-refractivity contribution in [2.24, 2.45) is 0 Å². The highest BCUT2D eigenvalue weighted by Gasteiger charge is 2.39. The number of hydrogen-bond acceptors (Lipinski definition) is 4. The van der Waals surface area contributed by atoms with Gasteiger partial charge in [0.2, 0.25) is 0 Å². The average Bonchev–Trinajstić information content (AvgIpc) is 2.80. The van der Waals surface area contributed by atoms with Gasteiger partial charge >= 0.3 is 0 Å². The molecule has 0 saturated heterocycles. The fourth-order valence-corrected chi connectivity index (χ4v) is 2.78. The lowest BCUT2D eigenvalue weighted by molar-refractivity contribution is -0.120. The highest BCUT2D eigenvalue weighted by atomic mass is 35.5. The molecular weight excluding hydrogens is 351 g/mol. The number of ether oxygens (including phenoxy) is 1. The standard InChI is InChI=1S/C17H12Cl2N2O3/c1-24-13-9-5-3-7-11(13)20-15-14(19)16(22)21(17(15)23)12-8-4-2-6-10(12)18/h2-9,20H,1H3. The summed E-state index contributed by atoms with van der Waals surface area (Å²) in [7, 11) is 1.51. The number of halogens is 2. The minimum atomic E-state index is -0.632. The Morgan fingerprint density at radius 3 is 2.33 bits per heavy atom. The first-order chi connectivity index (χ1) is 11.5. The smallest absolute Gasteiger partial charge is 0.283 e. The molecule has 1 aliphatic heterocycles. The molecule has 0 unspecified atom stereocenters. The third kappa shape index (κ3) is 2.72. The summed E-state index contributed by atoms with van der Waals surface area (Å²) in [6.07, 6.45) is 0. The predicted octanol–water partition coefficient (Wildman–Crippen LogP) is 3.78. The van der Waals surface area contributed by atoms with Crippen LogP contribution < -0.4 is 15.0 Å². The number of para-hydroxylation sites is 3. The van der Waals surface area contributed by atoms with E-state index in [1.165, 1.54) is 7.11 Å². The zero-order valence-corrected chi connectivity index (χ0v) is 14.1. The Morgan fingerprint density at radius 1 is 0.958 bits per heavy atom. The summed E-state index contributed by atoms with van der Waals surface area (Å²) in [5.74, 6) is -0.693. The number of methoxy groups -OCH3 is 1. The minimum absolute atomic E-state index is 0.0221. The molecule has 0 saturated carbocycles. The van der Waals surface area contributed by atoms with Gasteiger partial charge in [-0.25, -0.2) is 4.90 Å². The van der Waals surface area contributed by atoms with Crippen LogP contribution in [-0.2, 0) is 9.59 Å². The molecule has 0 spiro atoms. The quantitative estimate of drug-likeness (QED) is 0.840. The van der Waals surface area contributed by atoms with Crippen LogP contribution in [0.25, 0.3) is 0 Å². The topological polar surface area (TPSA) is 58.6 Å². The second-order valence-corrected chi connectivity index (χ2v) is 5.70. The van der Waals surface area contributed by atoms with Gasteiger partial charge in [0.05, 0.1) is 23.5 Å². The van der Waals surface area contributed by atoms with E-state index in [9.17, 15) is 9.59 Å². The Bertz CT molecular complexity index is 864. The molecule has 2 aromatic carbocycles. The number of nitrogens with zero attached hydrogens (tertiary/aromatic N) is 1. The number of benzene rings is 2. The summed E-state index contributed by atoms with van der Waals surface area (Å²) in [5.41, 5.74) is 0.783. The van der Waals surface area contributed by atoms with Gasteiger partial charge in [-0.2, -0.15) is 0 Å². The van der Waals surface area contributed by atoms with Crippen molar-refractivity contribution in [2.75, 3.05) is 17.3 Å². The maximum absolute atomic E-state index is 12.7. The van der Waals surface area contributed by atoms with Gasteiger partial charge in [-0.3, -0.25) is 9.59 Å². The first-order valence-corrected chi connectivity index (χ1v) is 7.73. The molecule has 122 valence electrons. The molecule has 5 nitrogen and oxygen atoms in total. The summed E-state index contributed by atoms with van der Waals surface area (Å²) < 4.78 is 5.22. The van der Waals surface area contributed by atoms with Crippen molar-refractivity contribution in [2.45, 2.75) is 0 Å². The Balaban J connectivity index is 1.97. The number of hydrogen-bond donors (Lipinski definition) is 1. The Hall–Kier alpha value is -2.50. The van der Waals surface area contributed by atoms with E-state index in [0.717, 1.165) is 4.90 Å². The molecule has 1 heterocycles. The minimum Gasteiger partial charge on any atom is -0.495 e. The van der Waals surface area contributed by atoms with E-state index in [1.54, 1.807) is 48.5 Å². The summed E-state index contributed by atoms with van der Waals surface area (Å²) in [5, 5.41) is 2.95. The molecular formula is C17H12Cl2N2O3. The van der Waals surface area contributed by atoms with Gasteiger partial charge in [-0.1, -0.05) is 47.5 Å². The van der Waals surface area contributed by atoms with Crippen molar-refractivity contribution < 1.29 is 14.3 Å². The first kappa shape index (κ1) is 16.4. The third-order valence-electron chi connectivity index (χ3n) is 3.49. The Morgan fingerprint density at radius 2 is 1.62 bits per heavy atom. The van der Waals surface area contributed by atoms with Gasteiger partial charge in [0.15, 0.2) is 0 Å². The molecule has 0 bridgehead atoms. The van der Waals surface area contributed by atoms with Crippen molar-refractivity contribution in [3.05, 3.63) is 64.3 Å². The molecule has 0 aliphatic carbocycles. The highest BCUT2D eigenvalue weighted by molar-refractivity contribution is 6.53. The fraction of sp³-hybridized carbons (Fsp3) is 0.0588. The van der Waals surface area contributed by atoms with Gasteiger partial charge in [0, 0.05) is 0 Å². The highest BCUT2D eigenvalue weighted by Crippen LogP contribution is 2.35. The zero-order valence-electron chi connectivity index (χ0n) is 12.5. The van der Waals surface area contributed by atoms with E-state index in [-0.39, 0.29) is 21.4 Å². The van der Waals surface area contributed by atoms with Gasteiger partial charge in [0.1, 0.15) is 16.5 Å². The molecule has 24 heavy (non-hydrogen) atoms. The monoisotopic (exact) mass is 362 g/mol. The zero-order chi connectivity index (χ0) is 17.3. The molecule has 2 amide bonds. The van der Waals surface area contributed by atoms with Gasteiger partial charge in [-0.05, 0) is 24.3 Å². The SMILES string of the molecule is COc1ccccc1NC1=C(Cl)C(=O)N(c2ccccc2Cl)C1=O. The second kappa shape index (κ2) is 6.55. The molecule has 0 radical (unpaired) electrons. The largest absolute Gasteiger partial charge is 0.495 e. The van der Waals surface area contributed by atoms with Gasteiger partial charge in [0.25, 0.3) is 11.8 Å². The number of amides is 2. The summed E-state index contributed by atoms with van der Waals surface area (Å²) in [6.45, 7) is 0. The van der Waals surface area contributed by atoms with E-state index in [0.29, 0.717) is 11.4 Å². The van der Waals surface area contributed by atoms with Crippen LogP contribution in [-0.4, -0.2) is 18.9 Å². The first-order valence-electron chi connectivity index (χ1n) is 6.97. The number of anilines is 2. The molecule has 0 fully saturated rings. The van der Waals surface area contributed by atoms with Crippen LogP contribution in [0.4, 0.5) is 11.4 Å². The van der Waals surface area contributed by atoms with E-state index >= 15 is 0 Å². The number of nitrogens with one attached hydrogen (secondary N) is 1. The van der Waals surface area contributed by atoms with Crippen molar-refractivity contribution in [3.63, 3.8) is 0 Å². The average molecular weight is 363 g/mol. The summed E-state index contributed by atoms with van der Waals surface area (Å²) in [4.78, 5) is 26.0. The van der Waals surface area contributed by atoms with Crippen molar-refractivity contribution in [1.29, 1.82) is 0 Å². The van der Waals surface area contributed by atoms with Crippen LogP contribution >= 0.6 is 23.2 Å². The number of carbonyl (C=O) groups excluding carboxylic acids is 2.